The number of aryl methyl sites for hydroxylation is 2. The van der Waals surface area contributed by atoms with Gasteiger partial charge in [0.15, 0.2) is 0 Å². The van der Waals surface area contributed by atoms with Crippen molar-refractivity contribution in [2.45, 2.75) is 26.8 Å². The molecule has 0 radical (unpaired) electrons. The van der Waals surface area contributed by atoms with E-state index in [9.17, 15) is 14.4 Å². The van der Waals surface area contributed by atoms with Crippen LogP contribution in [-0.4, -0.2) is 22.0 Å². The van der Waals surface area contributed by atoms with Crippen molar-refractivity contribution >= 4 is 5.91 Å². The van der Waals surface area contributed by atoms with E-state index in [1.807, 2.05) is 6.92 Å². The molecule has 6 heteroatoms. The normalized spacial score (nSPS) is 10.1. The highest BCUT2D eigenvalue weighted by Crippen LogP contribution is 1.88. The summed E-state index contributed by atoms with van der Waals surface area (Å²) in [5.41, 5.74) is -0.422. The van der Waals surface area contributed by atoms with Crippen molar-refractivity contribution in [2.24, 2.45) is 0 Å². The standard InChI is InChI=1S/C10H15N3O3/c1-3-11-8(14)4-5-13-6-7(2)9(15)12-10(13)16/h6H,3-5H2,1-2H3,(H,11,14)(H,12,15,16). The molecule has 0 aromatic carbocycles. The van der Waals surface area contributed by atoms with Crippen LogP contribution in [0.4, 0.5) is 0 Å². The number of hydrogen-bond acceptors (Lipinski definition) is 3. The fraction of sp³-hybridized carbons (Fsp3) is 0.500. The van der Waals surface area contributed by atoms with Crippen molar-refractivity contribution in [3.8, 4) is 0 Å². The van der Waals surface area contributed by atoms with Gasteiger partial charge in [-0.15, -0.1) is 0 Å². The van der Waals surface area contributed by atoms with E-state index < -0.39 is 5.69 Å². The SMILES string of the molecule is CCNC(=O)CCn1cc(C)c(=O)[nH]c1=O. The lowest BCUT2D eigenvalue weighted by Gasteiger charge is -2.05. The highest BCUT2D eigenvalue weighted by Gasteiger charge is 2.03. The third-order valence-electron chi connectivity index (χ3n) is 2.14. The Morgan fingerprint density at radius 3 is 2.81 bits per heavy atom. The highest BCUT2D eigenvalue weighted by molar-refractivity contribution is 5.75. The van der Waals surface area contributed by atoms with Crippen LogP contribution < -0.4 is 16.6 Å². The Morgan fingerprint density at radius 1 is 1.50 bits per heavy atom. The maximum absolute atomic E-state index is 11.3. The van der Waals surface area contributed by atoms with E-state index in [-0.39, 0.29) is 24.4 Å². The smallest absolute Gasteiger partial charge is 0.328 e. The van der Waals surface area contributed by atoms with Crippen LogP contribution in [0.1, 0.15) is 18.9 Å². The van der Waals surface area contributed by atoms with E-state index in [2.05, 4.69) is 10.3 Å². The lowest BCUT2D eigenvalue weighted by molar-refractivity contribution is -0.121. The number of amides is 1. The summed E-state index contributed by atoms with van der Waals surface area (Å²) in [5.74, 6) is -0.113. The molecule has 1 aromatic rings. The molecule has 6 nitrogen and oxygen atoms in total. The minimum atomic E-state index is -0.486. The number of aromatic nitrogens is 2. The number of aromatic amines is 1. The Kier molecular flexibility index (Phi) is 4.04. The molecule has 0 saturated carbocycles. The van der Waals surface area contributed by atoms with Crippen LogP contribution in [0.15, 0.2) is 15.8 Å². The van der Waals surface area contributed by atoms with Gasteiger partial charge in [0, 0.05) is 31.3 Å². The van der Waals surface area contributed by atoms with Crippen LogP contribution in [0.25, 0.3) is 0 Å². The molecule has 0 atom stereocenters. The third-order valence-corrected chi connectivity index (χ3v) is 2.14. The van der Waals surface area contributed by atoms with E-state index in [1.165, 1.54) is 10.8 Å². The maximum Gasteiger partial charge on any atom is 0.328 e. The summed E-state index contributed by atoms with van der Waals surface area (Å²) in [6, 6.07) is 0. The molecular weight excluding hydrogens is 210 g/mol. The van der Waals surface area contributed by atoms with Gasteiger partial charge in [0.2, 0.25) is 5.91 Å². The van der Waals surface area contributed by atoms with Crippen molar-refractivity contribution in [3.05, 3.63) is 32.6 Å². The maximum atomic E-state index is 11.3. The number of carbonyl (C=O) groups is 1. The Labute approximate surface area is 92.3 Å². The van der Waals surface area contributed by atoms with Crippen LogP contribution in [0.3, 0.4) is 0 Å². The van der Waals surface area contributed by atoms with E-state index in [0.717, 1.165) is 0 Å². The molecule has 0 fully saturated rings. The average molecular weight is 225 g/mol. The van der Waals surface area contributed by atoms with Crippen LogP contribution in [-0.2, 0) is 11.3 Å². The molecule has 1 heterocycles. The van der Waals surface area contributed by atoms with Gasteiger partial charge in [0.05, 0.1) is 0 Å². The van der Waals surface area contributed by atoms with E-state index in [4.69, 9.17) is 0 Å². The second kappa shape index (κ2) is 5.29. The predicted molar refractivity (Wildman–Crippen MR) is 59.4 cm³/mol. The molecular formula is C10H15N3O3. The van der Waals surface area contributed by atoms with E-state index in [1.54, 1.807) is 6.92 Å². The largest absolute Gasteiger partial charge is 0.356 e. The number of nitrogens with one attached hydrogen (secondary N) is 2. The van der Waals surface area contributed by atoms with Gasteiger partial charge < -0.3 is 5.32 Å². The Balaban J connectivity index is 2.75. The fourth-order valence-electron chi connectivity index (χ4n) is 1.29. The van der Waals surface area contributed by atoms with Gasteiger partial charge in [-0.2, -0.15) is 0 Å². The molecule has 2 N–H and O–H groups in total. The van der Waals surface area contributed by atoms with Gasteiger partial charge in [-0.1, -0.05) is 0 Å². The lowest BCUT2D eigenvalue weighted by Crippen LogP contribution is -2.32. The van der Waals surface area contributed by atoms with Crippen LogP contribution in [0, 0.1) is 6.92 Å². The monoisotopic (exact) mass is 225 g/mol. The molecule has 1 amide bonds. The predicted octanol–water partition coefficient (Wildman–Crippen LogP) is -0.629. The van der Waals surface area contributed by atoms with Crippen molar-refractivity contribution < 1.29 is 4.79 Å². The van der Waals surface area contributed by atoms with Crippen molar-refractivity contribution in [3.63, 3.8) is 0 Å². The molecule has 1 rings (SSSR count). The number of nitrogens with zero attached hydrogens (tertiary/aromatic N) is 1. The Bertz CT molecular complexity index is 487. The number of rotatable bonds is 4. The summed E-state index contributed by atoms with van der Waals surface area (Å²) in [6.07, 6.45) is 1.68. The lowest BCUT2D eigenvalue weighted by atomic mass is 10.3. The number of carbonyl (C=O) groups excluding carboxylic acids is 1. The molecule has 16 heavy (non-hydrogen) atoms. The summed E-state index contributed by atoms with van der Waals surface area (Å²) in [7, 11) is 0. The number of hydrogen-bond donors (Lipinski definition) is 2. The zero-order chi connectivity index (χ0) is 12.1. The topological polar surface area (TPSA) is 84.0 Å². The van der Waals surface area contributed by atoms with Crippen molar-refractivity contribution in [2.75, 3.05) is 6.54 Å². The van der Waals surface area contributed by atoms with E-state index >= 15 is 0 Å². The van der Waals surface area contributed by atoms with Gasteiger partial charge >= 0.3 is 5.69 Å². The summed E-state index contributed by atoms with van der Waals surface area (Å²) >= 11 is 0. The molecule has 0 bridgehead atoms. The van der Waals surface area contributed by atoms with Crippen LogP contribution in [0.2, 0.25) is 0 Å². The van der Waals surface area contributed by atoms with Gasteiger partial charge in [-0.05, 0) is 13.8 Å². The zero-order valence-corrected chi connectivity index (χ0v) is 9.37. The summed E-state index contributed by atoms with van der Waals surface area (Å²) in [6.45, 7) is 4.27. The minimum Gasteiger partial charge on any atom is -0.356 e. The molecule has 0 saturated heterocycles. The van der Waals surface area contributed by atoms with Crippen molar-refractivity contribution in [1.29, 1.82) is 0 Å². The summed E-state index contributed by atoms with van der Waals surface area (Å²) in [5, 5.41) is 2.63. The molecule has 0 unspecified atom stereocenters. The first-order chi connectivity index (χ1) is 7.54. The van der Waals surface area contributed by atoms with Gasteiger partial charge in [-0.25, -0.2) is 4.79 Å². The van der Waals surface area contributed by atoms with Crippen LogP contribution in [0.5, 0.6) is 0 Å². The first-order valence-corrected chi connectivity index (χ1v) is 5.11. The Morgan fingerprint density at radius 2 is 2.19 bits per heavy atom. The highest BCUT2D eigenvalue weighted by atomic mass is 16.2. The second-order valence-electron chi connectivity index (χ2n) is 3.47. The molecule has 0 aliphatic carbocycles. The molecule has 0 aliphatic heterocycles. The zero-order valence-electron chi connectivity index (χ0n) is 9.37. The molecule has 1 aromatic heterocycles. The number of H-pyrrole nitrogens is 1. The summed E-state index contributed by atoms with van der Waals surface area (Å²) < 4.78 is 1.33. The van der Waals surface area contributed by atoms with Gasteiger partial charge in [-0.3, -0.25) is 19.1 Å². The minimum absolute atomic E-state index is 0.113. The van der Waals surface area contributed by atoms with E-state index in [0.29, 0.717) is 12.1 Å². The second-order valence-corrected chi connectivity index (χ2v) is 3.47. The molecule has 0 spiro atoms. The summed E-state index contributed by atoms with van der Waals surface area (Å²) in [4.78, 5) is 35.8. The van der Waals surface area contributed by atoms with Crippen LogP contribution >= 0.6 is 0 Å². The first-order valence-electron chi connectivity index (χ1n) is 5.11. The third kappa shape index (κ3) is 3.08. The van der Waals surface area contributed by atoms with Crippen molar-refractivity contribution in [1.82, 2.24) is 14.9 Å². The molecule has 0 aliphatic rings. The first kappa shape index (κ1) is 12.2. The Hall–Kier alpha value is -1.85. The van der Waals surface area contributed by atoms with Gasteiger partial charge in [0.1, 0.15) is 0 Å². The molecule has 88 valence electrons. The average Bonchev–Trinajstić information content (AvgIpc) is 2.22. The fourth-order valence-corrected chi connectivity index (χ4v) is 1.29. The quantitative estimate of drug-likeness (QED) is 0.715. The van der Waals surface area contributed by atoms with Gasteiger partial charge in [0.25, 0.3) is 5.56 Å².